The predicted octanol–water partition coefficient (Wildman–Crippen LogP) is 1.57. The molecule has 1 fully saturated rings. The minimum atomic E-state index is -0.399. The maximum atomic E-state index is 13.8. The molecule has 92 valence electrons. The fourth-order valence-corrected chi connectivity index (χ4v) is 2.10. The molecule has 0 spiro atoms. The van der Waals surface area contributed by atoms with Gasteiger partial charge in [0, 0.05) is 25.7 Å². The lowest BCUT2D eigenvalue weighted by atomic mass is 10.1. The molecule has 1 amide bonds. The summed E-state index contributed by atoms with van der Waals surface area (Å²) in [6.07, 6.45) is 0. The first kappa shape index (κ1) is 12.0. The van der Waals surface area contributed by atoms with Crippen LogP contribution in [0.15, 0.2) is 18.2 Å². The molecule has 3 nitrogen and oxygen atoms in total. The van der Waals surface area contributed by atoms with Crippen molar-refractivity contribution >= 4 is 5.91 Å². The van der Waals surface area contributed by atoms with E-state index in [0.717, 1.165) is 6.54 Å². The van der Waals surface area contributed by atoms with E-state index >= 15 is 0 Å². The number of hydrogen-bond donors (Lipinski definition) is 1. The van der Waals surface area contributed by atoms with E-state index in [-0.39, 0.29) is 17.5 Å². The molecule has 1 aliphatic rings. The van der Waals surface area contributed by atoms with Crippen LogP contribution in [-0.2, 0) is 0 Å². The van der Waals surface area contributed by atoms with Crippen molar-refractivity contribution in [3.63, 3.8) is 0 Å². The van der Waals surface area contributed by atoms with E-state index in [4.69, 9.17) is 0 Å². The summed E-state index contributed by atoms with van der Waals surface area (Å²) in [6, 6.07) is 5.21. The Morgan fingerprint density at radius 1 is 1.53 bits per heavy atom. The molecular weight excluding hydrogens is 219 g/mol. The van der Waals surface area contributed by atoms with Crippen LogP contribution in [0.1, 0.15) is 22.8 Å². The quantitative estimate of drug-likeness (QED) is 0.802. The van der Waals surface area contributed by atoms with Crippen LogP contribution in [0.25, 0.3) is 0 Å². The fourth-order valence-electron chi connectivity index (χ4n) is 2.10. The van der Waals surface area contributed by atoms with Gasteiger partial charge in [0.25, 0.3) is 5.91 Å². The van der Waals surface area contributed by atoms with Crippen molar-refractivity contribution in [1.29, 1.82) is 0 Å². The molecule has 0 saturated carbocycles. The third-order valence-corrected chi connectivity index (χ3v) is 3.08. The van der Waals surface area contributed by atoms with Crippen LogP contribution in [0.5, 0.6) is 0 Å². The summed E-state index contributed by atoms with van der Waals surface area (Å²) in [5, 5.41) is 3.26. The van der Waals surface area contributed by atoms with Crippen molar-refractivity contribution in [1.82, 2.24) is 10.2 Å². The van der Waals surface area contributed by atoms with Crippen molar-refractivity contribution in [2.24, 2.45) is 0 Å². The Morgan fingerprint density at radius 2 is 2.29 bits per heavy atom. The highest BCUT2D eigenvalue weighted by Crippen LogP contribution is 2.15. The van der Waals surface area contributed by atoms with Gasteiger partial charge < -0.3 is 10.2 Å². The predicted molar refractivity (Wildman–Crippen MR) is 64.5 cm³/mol. The van der Waals surface area contributed by atoms with Gasteiger partial charge in [-0.05, 0) is 25.5 Å². The monoisotopic (exact) mass is 236 g/mol. The van der Waals surface area contributed by atoms with E-state index in [9.17, 15) is 9.18 Å². The van der Waals surface area contributed by atoms with Crippen LogP contribution in [0.2, 0.25) is 0 Å². The van der Waals surface area contributed by atoms with Gasteiger partial charge in [-0.3, -0.25) is 4.79 Å². The summed E-state index contributed by atoms with van der Waals surface area (Å²) < 4.78 is 13.8. The fraction of sp³-hybridized carbons (Fsp3) is 0.462. The Hall–Kier alpha value is -1.42. The van der Waals surface area contributed by atoms with Gasteiger partial charge in [0.2, 0.25) is 0 Å². The second-order valence-electron chi connectivity index (χ2n) is 4.54. The summed E-state index contributed by atoms with van der Waals surface area (Å²) >= 11 is 0. The molecule has 0 radical (unpaired) electrons. The zero-order valence-electron chi connectivity index (χ0n) is 10.2. The zero-order valence-corrected chi connectivity index (χ0v) is 10.2. The summed E-state index contributed by atoms with van der Waals surface area (Å²) in [4.78, 5) is 13.9. The summed E-state index contributed by atoms with van der Waals surface area (Å²) in [7, 11) is 0. The normalized spacial score (nSPS) is 20.4. The average molecular weight is 236 g/mol. The minimum Gasteiger partial charge on any atom is -0.336 e. The number of carbonyl (C=O) groups excluding carboxylic acids is 1. The molecular formula is C13H17FN2O. The van der Waals surface area contributed by atoms with Crippen molar-refractivity contribution in [2.75, 3.05) is 19.6 Å². The topological polar surface area (TPSA) is 32.3 Å². The molecule has 1 aromatic rings. The van der Waals surface area contributed by atoms with Gasteiger partial charge in [-0.2, -0.15) is 0 Å². The standard InChI is InChI=1S/C13H17FN2O/c1-9-4-3-5-11(12(9)14)13(17)16-7-6-15-10(2)8-16/h3-5,10,15H,6-8H2,1-2H3. The molecule has 1 N–H and O–H groups in total. The summed E-state index contributed by atoms with van der Waals surface area (Å²) in [5.74, 6) is -0.608. The molecule has 1 unspecified atom stereocenters. The summed E-state index contributed by atoms with van der Waals surface area (Å²) in [6.45, 7) is 5.72. The number of aryl methyl sites for hydroxylation is 1. The lowest BCUT2D eigenvalue weighted by Gasteiger charge is -2.32. The Bertz CT molecular complexity index is 433. The van der Waals surface area contributed by atoms with E-state index in [0.29, 0.717) is 18.7 Å². The Kier molecular flexibility index (Phi) is 3.43. The van der Waals surface area contributed by atoms with E-state index < -0.39 is 5.82 Å². The first-order valence-corrected chi connectivity index (χ1v) is 5.87. The SMILES string of the molecule is Cc1cccc(C(=O)N2CCNC(C)C2)c1F. The maximum absolute atomic E-state index is 13.8. The maximum Gasteiger partial charge on any atom is 0.256 e. The molecule has 4 heteroatoms. The van der Waals surface area contributed by atoms with Crippen LogP contribution in [0.3, 0.4) is 0 Å². The van der Waals surface area contributed by atoms with Crippen LogP contribution >= 0.6 is 0 Å². The van der Waals surface area contributed by atoms with Crippen LogP contribution in [0.4, 0.5) is 4.39 Å². The molecule has 1 heterocycles. The van der Waals surface area contributed by atoms with Crippen LogP contribution in [0, 0.1) is 12.7 Å². The molecule has 1 atom stereocenters. The van der Waals surface area contributed by atoms with Gasteiger partial charge in [0.1, 0.15) is 5.82 Å². The number of benzene rings is 1. The lowest BCUT2D eigenvalue weighted by molar-refractivity contribution is 0.0704. The molecule has 0 aromatic heterocycles. The first-order chi connectivity index (χ1) is 8.09. The second-order valence-corrected chi connectivity index (χ2v) is 4.54. The minimum absolute atomic E-state index is 0.180. The van der Waals surface area contributed by atoms with Gasteiger partial charge in [-0.25, -0.2) is 4.39 Å². The van der Waals surface area contributed by atoms with Crippen molar-refractivity contribution < 1.29 is 9.18 Å². The highest BCUT2D eigenvalue weighted by atomic mass is 19.1. The molecule has 17 heavy (non-hydrogen) atoms. The Balaban J connectivity index is 2.22. The number of carbonyl (C=O) groups is 1. The third-order valence-electron chi connectivity index (χ3n) is 3.08. The first-order valence-electron chi connectivity index (χ1n) is 5.87. The van der Waals surface area contributed by atoms with Gasteiger partial charge in [0.15, 0.2) is 0 Å². The Labute approximate surface area is 101 Å². The molecule has 2 rings (SSSR count). The molecule has 0 bridgehead atoms. The number of nitrogens with one attached hydrogen (secondary N) is 1. The average Bonchev–Trinajstić information content (AvgIpc) is 2.32. The molecule has 0 aliphatic carbocycles. The Morgan fingerprint density at radius 3 is 3.00 bits per heavy atom. The highest BCUT2D eigenvalue weighted by Gasteiger charge is 2.23. The van der Waals surface area contributed by atoms with E-state index in [1.807, 2.05) is 6.92 Å². The number of nitrogens with zero attached hydrogens (tertiary/aromatic N) is 1. The summed E-state index contributed by atoms with van der Waals surface area (Å²) in [5.41, 5.74) is 0.693. The van der Waals surface area contributed by atoms with Crippen LogP contribution in [-0.4, -0.2) is 36.5 Å². The van der Waals surface area contributed by atoms with E-state index in [1.165, 1.54) is 0 Å². The second kappa shape index (κ2) is 4.84. The van der Waals surface area contributed by atoms with Crippen molar-refractivity contribution in [3.05, 3.63) is 35.1 Å². The van der Waals surface area contributed by atoms with Crippen molar-refractivity contribution in [2.45, 2.75) is 19.9 Å². The van der Waals surface area contributed by atoms with Gasteiger partial charge in [-0.15, -0.1) is 0 Å². The van der Waals surface area contributed by atoms with Gasteiger partial charge in [0.05, 0.1) is 5.56 Å². The highest BCUT2D eigenvalue weighted by molar-refractivity contribution is 5.94. The molecule has 1 aliphatic heterocycles. The lowest BCUT2D eigenvalue weighted by Crippen LogP contribution is -2.51. The van der Waals surface area contributed by atoms with Crippen molar-refractivity contribution in [3.8, 4) is 0 Å². The smallest absolute Gasteiger partial charge is 0.256 e. The number of rotatable bonds is 1. The van der Waals surface area contributed by atoms with Gasteiger partial charge >= 0.3 is 0 Å². The van der Waals surface area contributed by atoms with Gasteiger partial charge in [-0.1, -0.05) is 12.1 Å². The van der Waals surface area contributed by atoms with E-state index in [2.05, 4.69) is 5.32 Å². The van der Waals surface area contributed by atoms with Crippen LogP contribution < -0.4 is 5.32 Å². The number of amides is 1. The largest absolute Gasteiger partial charge is 0.336 e. The zero-order chi connectivity index (χ0) is 12.4. The third kappa shape index (κ3) is 2.47. The molecule has 1 aromatic carbocycles. The number of halogens is 1. The number of piperazine rings is 1. The van der Waals surface area contributed by atoms with E-state index in [1.54, 1.807) is 30.0 Å². The molecule has 1 saturated heterocycles. The number of hydrogen-bond acceptors (Lipinski definition) is 2.